The molecule has 0 radical (unpaired) electrons. The highest BCUT2D eigenvalue weighted by atomic mass is 16.2. The maximum Gasteiger partial charge on any atom is 0.239 e. The van der Waals surface area contributed by atoms with Crippen molar-refractivity contribution in [1.29, 1.82) is 0 Å². The lowest BCUT2D eigenvalue weighted by molar-refractivity contribution is -0.137. The van der Waals surface area contributed by atoms with E-state index in [1.165, 1.54) is 5.56 Å². The van der Waals surface area contributed by atoms with Gasteiger partial charge in [0.25, 0.3) is 0 Å². The summed E-state index contributed by atoms with van der Waals surface area (Å²) in [4.78, 5) is 32.1. The molecule has 3 rings (SSSR count). The van der Waals surface area contributed by atoms with E-state index in [2.05, 4.69) is 57.3 Å². The molecule has 6 heteroatoms. The minimum absolute atomic E-state index is 0.0773. The number of rotatable bonds is 6. The van der Waals surface area contributed by atoms with Gasteiger partial charge in [-0.15, -0.1) is 0 Å². The zero-order chi connectivity index (χ0) is 23.1. The van der Waals surface area contributed by atoms with Crippen LogP contribution in [0.25, 0.3) is 0 Å². The van der Waals surface area contributed by atoms with E-state index in [4.69, 9.17) is 0 Å². The number of hydrogen-bond donors (Lipinski definition) is 1. The minimum Gasteiger partial charge on any atom is -0.350 e. The number of hydrogen-bond acceptors (Lipinski definition) is 4. The molecule has 1 N–H and O–H groups in total. The Morgan fingerprint density at radius 2 is 1.69 bits per heavy atom. The van der Waals surface area contributed by atoms with Gasteiger partial charge in [-0.1, -0.05) is 30.3 Å². The summed E-state index contributed by atoms with van der Waals surface area (Å²) >= 11 is 0. The molecule has 0 aromatic heterocycles. The van der Waals surface area contributed by atoms with Gasteiger partial charge >= 0.3 is 0 Å². The Bertz CT molecular complexity index is 738. The third-order valence-electron chi connectivity index (χ3n) is 6.70. The number of nitrogens with zero attached hydrogens (tertiary/aromatic N) is 3. The average Bonchev–Trinajstić information content (AvgIpc) is 2.98. The summed E-state index contributed by atoms with van der Waals surface area (Å²) < 4.78 is 0. The van der Waals surface area contributed by atoms with E-state index < -0.39 is 0 Å². The summed E-state index contributed by atoms with van der Waals surface area (Å²) in [6.45, 7) is 13.7. The van der Waals surface area contributed by atoms with E-state index in [0.717, 1.165) is 65.0 Å². The molecular formula is C26H42N4O2. The van der Waals surface area contributed by atoms with Crippen LogP contribution in [0.3, 0.4) is 0 Å². The predicted molar refractivity (Wildman–Crippen MR) is 129 cm³/mol. The molecule has 2 aliphatic heterocycles. The number of benzene rings is 1. The Kier molecular flexibility index (Phi) is 8.72. The lowest BCUT2D eigenvalue weighted by atomic mass is 9.90. The molecule has 2 saturated heterocycles. The summed E-state index contributed by atoms with van der Waals surface area (Å²) in [5.41, 5.74) is 1.20. The standard InChI is InChI=1S/C26H42N4O2/c1-21(29-14-8-13-28(17-18-29)20-24(31)27-26(2,3)4)25(32)30-15-11-23(12-16-30)19-22-9-6-5-7-10-22/h5-7,9-10,21,23H,8,11-20H2,1-4H3,(H,27,31)/t21-/m1/s1. The summed E-state index contributed by atoms with van der Waals surface area (Å²) in [7, 11) is 0. The predicted octanol–water partition coefficient (Wildman–Crippen LogP) is 2.78. The molecule has 2 amide bonds. The van der Waals surface area contributed by atoms with Gasteiger partial charge < -0.3 is 10.2 Å². The van der Waals surface area contributed by atoms with Crippen LogP contribution in [0.2, 0.25) is 0 Å². The lowest BCUT2D eigenvalue weighted by Crippen LogP contribution is -2.50. The summed E-state index contributed by atoms with van der Waals surface area (Å²) in [6, 6.07) is 10.6. The molecule has 2 fully saturated rings. The number of likely N-dealkylation sites (tertiary alicyclic amines) is 1. The largest absolute Gasteiger partial charge is 0.350 e. The van der Waals surface area contributed by atoms with Gasteiger partial charge in [0.2, 0.25) is 11.8 Å². The first-order chi connectivity index (χ1) is 15.2. The molecule has 1 aromatic rings. The monoisotopic (exact) mass is 442 g/mol. The fraction of sp³-hybridized carbons (Fsp3) is 0.692. The fourth-order valence-electron chi connectivity index (χ4n) is 4.92. The molecule has 2 aliphatic rings. The van der Waals surface area contributed by atoms with Gasteiger partial charge in [-0.3, -0.25) is 19.4 Å². The number of amides is 2. The van der Waals surface area contributed by atoms with Crippen molar-refractivity contribution < 1.29 is 9.59 Å². The van der Waals surface area contributed by atoms with E-state index in [9.17, 15) is 9.59 Å². The average molecular weight is 443 g/mol. The van der Waals surface area contributed by atoms with Crippen LogP contribution in [0.15, 0.2) is 30.3 Å². The van der Waals surface area contributed by atoms with Crippen molar-refractivity contribution >= 4 is 11.8 Å². The summed E-state index contributed by atoms with van der Waals surface area (Å²) in [6.07, 6.45) is 4.27. The smallest absolute Gasteiger partial charge is 0.239 e. The molecule has 2 heterocycles. The molecular weight excluding hydrogens is 400 g/mol. The maximum atomic E-state index is 13.2. The molecule has 0 bridgehead atoms. The van der Waals surface area contributed by atoms with Crippen LogP contribution < -0.4 is 5.32 Å². The van der Waals surface area contributed by atoms with E-state index in [1.54, 1.807) is 0 Å². The maximum absolute atomic E-state index is 13.2. The molecule has 6 nitrogen and oxygen atoms in total. The van der Waals surface area contributed by atoms with Crippen LogP contribution in [0.5, 0.6) is 0 Å². The third-order valence-corrected chi connectivity index (χ3v) is 6.70. The van der Waals surface area contributed by atoms with E-state index >= 15 is 0 Å². The molecule has 1 aromatic carbocycles. The number of nitrogens with one attached hydrogen (secondary N) is 1. The normalized spacial score (nSPS) is 20.6. The Balaban J connectivity index is 1.43. The van der Waals surface area contributed by atoms with Crippen molar-refractivity contribution in [2.24, 2.45) is 5.92 Å². The van der Waals surface area contributed by atoms with Gasteiger partial charge in [-0.05, 0) is 71.4 Å². The van der Waals surface area contributed by atoms with E-state index in [1.807, 2.05) is 20.8 Å². The third kappa shape index (κ3) is 7.59. The van der Waals surface area contributed by atoms with Crippen LogP contribution in [0, 0.1) is 5.92 Å². The van der Waals surface area contributed by atoms with Gasteiger partial charge in [-0.2, -0.15) is 0 Å². The summed E-state index contributed by atoms with van der Waals surface area (Å²) in [5, 5.41) is 3.05. The zero-order valence-electron chi connectivity index (χ0n) is 20.5. The zero-order valence-corrected chi connectivity index (χ0v) is 20.5. The molecule has 0 saturated carbocycles. The number of piperidine rings is 1. The van der Waals surface area contributed by atoms with E-state index in [0.29, 0.717) is 12.5 Å². The summed E-state index contributed by atoms with van der Waals surface area (Å²) in [5.74, 6) is 1.01. The van der Waals surface area contributed by atoms with Gasteiger partial charge in [0.15, 0.2) is 0 Å². The van der Waals surface area contributed by atoms with Crippen LogP contribution in [-0.4, -0.2) is 83.9 Å². The molecule has 178 valence electrons. The second-order valence-electron chi connectivity index (χ2n) is 10.6. The van der Waals surface area contributed by atoms with Crippen molar-refractivity contribution in [2.75, 3.05) is 45.8 Å². The Hall–Kier alpha value is -1.92. The first kappa shape index (κ1) is 24.7. The quantitative estimate of drug-likeness (QED) is 0.736. The minimum atomic E-state index is -0.204. The SMILES string of the molecule is C[C@H](C(=O)N1CCC(Cc2ccccc2)CC1)N1CCCN(CC(=O)NC(C)(C)C)CC1. The highest BCUT2D eigenvalue weighted by Crippen LogP contribution is 2.23. The second-order valence-corrected chi connectivity index (χ2v) is 10.6. The number of carbonyl (C=O) groups is 2. The van der Waals surface area contributed by atoms with Crippen LogP contribution in [-0.2, 0) is 16.0 Å². The van der Waals surface area contributed by atoms with Crippen LogP contribution in [0.4, 0.5) is 0 Å². The Labute approximate surface area is 194 Å². The first-order valence-electron chi connectivity index (χ1n) is 12.3. The van der Waals surface area contributed by atoms with E-state index in [-0.39, 0.29) is 23.4 Å². The van der Waals surface area contributed by atoms with Gasteiger partial charge in [0.1, 0.15) is 0 Å². The van der Waals surface area contributed by atoms with Crippen molar-refractivity contribution in [1.82, 2.24) is 20.0 Å². The second kappa shape index (κ2) is 11.3. The van der Waals surface area contributed by atoms with Gasteiger partial charge in [0.05, 0.1) is 12.6 Å². The van der Waals surface area contributed by atoms with Crippen molar-refractivity contribution in [2.45, 2.75) is 65.0 Å². The van der Waals surface area contributed by atoms with Gasteiger partial charge in [-0.25, -0.2) is 0 Å². The molecule has 1 atom stereocenters. The van der Waals surface area contributed by atoms with Crippen molar-refractivity contribution in [3.05, 3.63) is 35.9 Å². The molecule has 0 unspecified atom stereocenters. The number of carbonyl (C=O) groups excluding carboxylic acids is 2. The topological polar surface area (TPSA) is 55.9 Å². The Morgan fingerprint density at radius 3 is 2.34 bits per heavy atom. The Morgan fingerprint density at radius 1 is 1.00 bits per heavy atom. The van der Waals surface area contributed by atoms with Crippen LogP contribution in [0.1, 0.15) is 52.5 Å². The van der Waals surface area contributed by atoms with Crippen molar-refractivity contribution in [3.63, 3.8) is 0 Å². The molecule has 0 spiro atoms. The molecule has 0 aliphatic carbocycles. The fourth-order valence-corrected chi connectivity index (χ4v) is 4.92. The van der Waals surface area contributed by atoms with Crippen LogP contribution >= 0.6 is 0 Å². The van der Waals surface area contributed by atoms with Crippen molar-refractivity contribution in [3.8, 4) is 0 Å². The lowest BCUT2D eigenvalue weighted by Gasteiger charge is -2.36. The highest BCUT2D eigenvalue weighted by Gasteiger charge is 2.30. The highest BCUT2D eigenvalue weighted by molar-refractivity contribution is 5.81. The van der Waals surface area contributed by atoms with Gasteiger partial charge in [0, 0.05) is 38.3 Å². The first-order valence-corrected chi connectivity index (χ1v) is 12.3. The molecule has 32 heavy (non-hydrogen) atoms.